The first-order chi connectivity index (χ1) is 11.8. The molecule has 2 aliphatic rings. The molecule has 132 valence electrons. The van der Waals surface area contributed by atoms with E-state index in [0.717, 1.165) is 50.4 Å². The zero-order chi connectivity index (χ0) is 16.8. The predicted molar refractivity (Wildman–Crippen MR) is 98.8 cm³/mol. The topological polar surface area (TPSA) is 48.9 Å². The summed E-state index contributed by atoms with van der Waals surface area (Å²) in [6, 6.07) is 9.09. The van der Waals surface area contributed by atoms with Gasteiger partial charge >= 0.3 is 0 Å². The molecular weight excluding hydrogens is 300 g/mol. The molecule has 1 unspecified atom stereocenters. The van der Waals surface area contributed by atoms with Gasteiger partial charge in [0.2, 0.25) is 0 Å². The zero-order valence-corrected chi connectivity index (χ0v) is 14.9. The van der Waals surface area contributed by atoms with Crippen molar-refractivity contribution in [1.29, 1.82) is 0 Å². The summed E-state index contributed by atoms with van der Waals surface area (Å²) in [5.41, 5.74) is 1.29. The average Bonchev–Trinajstić information content (AvgIpc) is 3.35. The van der Waals surface area contributed by atoms with Gasteiger partial charge in [-0.3, -0.25) is 4.90 Å². The molecule has 24 heavy (non-hydrogen) atoms. The SMILES string of the molecule is CCNC(=NCC1Cc2ccccc2O1)NCCN(CC)C1CC1. The molecule has 5 nitrogen and oxygen atoms in total. The minimum Gasteiger partial charge on any atom is -0.488 e. The van der Waals surface area contributed by atoms with Gasteiger partial charge in [-0.15, -0.1) is 0 Å². The summed E-state index contributed by atoms with van der Waals surface area (Å²) in [5.74, 6) is 1.91. The van der Waals surface area contributed by atoms with Gasteiger partial charge < -0.3 is 15.4 Å². The molecule has 1 aliphatic heterocycles. The number of hydrogen-bond acceptors (Lipinski definition) is 3. The molecule has 0 aromatic heterocycles. The Bertz CT molecular complexity index is 531. The van der Waals surface area contributed by atoms with Gasteiger partial charge in [0.1, 0.15) is 11.9 Å². The fourth-order valence-corrected chi connectivity index (χ4v) is 3.25. The lowest BCUT2D eigenvalue weighted by atomic mass is 10.1. The average molecular weight is 330 g/mol. The molecular formula is C19H30N4O. The van der Waals surface area contributed by atoms with Crippen molar-refractivity contribution in [2.24, 2.45) is 4.99 Å². The summed E-state index contributed by atoms with van der Waals surface area (Å²) in [6.07, 6.45) is 3.82. The summed E-state index contributed by atoms with van der Waals surface area (Å²) in [4.78, 5) is 7.26. The van der Waals surface area contributed by atoms with Crippen molar-refractivity contribution in [3.63, 3.8) is 0 Å². The first-order valence-corrected chi connectivity index (χ1v) is 9.31. The van der Waals surface area contributed by atoms with E-state index in [-0.39, 0.29) is 6.10 Å². The number of likely N-dealkylation sites (N-methyl/N-ethyl adjacent to an activating group) is 1. The van der Waals surface area contributed by atoms with Crippen LogP contribution in [0.5, 0.6) is 5.75 Å². The molecule has 0 bridgehead atoms. The van der Waals surface area contributed by atoms with Crippen molar-refractivity contribution >= 4 is 5.96 Å². The van der Waals surface area contributed by atoms with Crippen molar-refractivity contribution in [3.05, 3.63) is 29.8 Å². The molecule has 0 spiro atoms. The number of ether oxygens (including phenoxy) is 1. The maximum absolute atomic E-state index is 5.96. The number of hydrogen-bond donors (Lipinski definition) is 2. The smallest absolute Gasteiger partial charge is 0.191 e. The van der Waals surface area contributed by atoms with Crippen molar-refractivity contribution in [3.8, 4) is 5.75 Å². The number of aliphatic imine (C=N–C) groups is 1. The first-order valence-electron chi connectivity index (χ1n) is 9.31. The van der Waals surface area contributed by atoms with E-state index in [2.05, 4.69) is 41.5 Å². The summed E-state index contributed by atoms with van der Waals surface area (Å²) in [6.45, 7) is 9.04. The van der Waals surface area contributed by atoms with E-state index in [1.807, 2.05) is 12.1 Å². The Morgan fingerprint density at radius 3 is 2.79 bits per heavy atom. The molecule has 0 amide bonds. The molecule has 0 radical (unpaired) electrons. The van der Waals surface area contributed by atoms with Crippen LogP contribution in [0.15, 0.2) is 29.3 Å². The van der Waals surface area contributed by atoms with Crippen molar-refractivity contribution in [1.82, 2.24) is 15.5 Å². The van der Waals surface area contributed by atoms with Crippen molar-refractivity contribution < 1.29 is 4.74 Å². The standard InChI is InChI=1S/C19H30N4O/c1-3-20-19(21-11-12-23(4-2)16-9-10-16)22-14-17-13-15-7-5-6-8-18(15)24-17/h5-8,16-17H,3-4,9-14H2,1-2H3,(H2,20,21,22). The highest BCUT2D eigenvalue weighted by Gasteiger charge is 2.27. The zero-order valence-electron chi connectivity index (χ0n) is 14.9. The Morgan fingerprint density at radius 2 is 2.08 bits per heavy atom. The maximum Gasteiger partial charge on any atom is 0.191 e. The molecule has 5 heteroatoms. The Kier molecular flexibility index (Phi) is 5.96. The van der Waals surface area contributed by atoms with E-state index < -0.39 is 0 Å². The lowest BCUT2D eigenvalue weighted by Crippen LogP contribution is -2.42. The number of benzene rings is 1. The Morgan fingerprint density at radius 1 is 1.25 bits per heavy atom. The summed E-state index contributed by atoms with van der Waals surface area (Å²) in [5, 5.41) is 6.78. The second kappa shape index (κ2) is 8.38. The number of nitrogens with zero attached hydrogens (tertiary/aromatic N) is 2. The minimum absolute atomic E-state index is 0.150. The second-order valence-corrected chi connectivity index (χ2v) is 6.56. The lowest BCUT2D eigenvalue weighted by molar-refractivity contribution is 0.241. The normalized spacial score (nSPS) is 20.0. The van der Waals surface area contributed by atoms with Crippen LogP contribution >= 0.6 is 0 Å². The third-order valence-corrected chi connectivity index (χ3v) is 4.67. The van der Waals surface area contributed by atoms with Gasteiger partial charge in [-0.2, -0.15) is 0 Å². The van der Waals surface area contributed by atoms with Gasteiger partial charge in [-0.25, -0.2) is 4.99 Å². The minimum atomic E-state index is 0.150. The fourth-order valence-electron chi connectivity index (χ4n) is 3.25. The fraction of sp³-hybridized carbons (Fsp3) is 0.632. The Balaban J connectivity index is 1.45. The highest BCUT2D eigenvalue weighted by atomic mass is 16.5. The third kappa shape index (κ3) is 4.63. The van der Waals surface area contributed by atoms with E-state index in [1.165, 1.54) is 18.4 Å². The summed E-state index contributed by atoms with van der Waals surface area (Å²) in [7, 11) is 0. The summed E-state index contributed by atoms with van der Waals surface area (Å²) >= 11 is 0. The molecule has 1 atom stereocenters. The van der Waals surface area contributed by atoms with Crippen LogP contribution in [-0.2, 0) is 6.42 Å². The molecule has 3 rings (SSSR count). The van der Waals surface area contributed by atoms with Crippen molar-refractivity contribution in [2.75, 3.05) is 32.7 Å². The molecule has 1 saturated carbocycles. The summed E-state index contributed by atoms with van der Waals surface area (Å²) < 4.78 is 5.96. The first kappa shape index (κ1) is 17.1. The van der Waals surface area contributed by atoms with Crippen LogP contribution in [0.3, 0.4) is 0 Å². The van der Waals surface area contributed by atoms with E-state index in [9.17, 15) is 0 Å². The lowest BCUT2D eigenvalue weighted by Gasteiger charge is -2.21. The van der Waals surface area contributed by atoms with Gasteiger partial charge in [0.05, 0.1) is 6.54 Å². The molecule has 1 fully saturated rings. The van der Waals surface area contributed by atoms with Gasteiger partial charge in [0, 0.05) is 32.1 Å². The molecule has 1 aliphatic carbocycles. The van der Waals surface area contributed by atoms with Crippen LogP contribution in [0.1, 0.15) is 32.3 Å². The van der Waals surface area contributed by atoms with Crippen LogP contribution in [0.4, 0.5) is 0 Å². The van der Waals surface area contributed by atoms with Gasteiger partial charge in [-0.05, 0) is 37.9 Å². The van der Waals surface area contributed by atoms with Crippen LogP contribution in [0.2, 0.25) is 0 Å². The van der Waals surface area contributed by atoms with Crippen LogP contribution in [-0.4, -0.2) is 55.7 Å². The molecule has 2 N–H and O–H groups in total. The van der Waals surface area contributed by atoms with Crippen LogP contribution in [0.25, 0.3) is 0 Å². The number of rotatable bonds is 8. The van der Waals surface area contributed by atoms with Crippen LogP contribution < -0.4 is 15.4 Å². The predicted octanol–water partition coefficient (Wildman–Crippen LogP) is 2.03. The number of guanidine groups is 1. The number of fused-ring (bicyclic) bond motifs is 1. The van der Waals surface area contributed by atoms with E-state index in [4.69, 9.17) is 9.73 Å². The molecule has 0 saturated heterocycles. The van der Waals surface area contributed by atoms with Crippen LogP contribution in [0, 0.1) is 0 Å². The molecule has 1 heterocycles. The number of nitrogens with one attached hydrogen (secondary N) is 2. The van der Waals surface area contributed by atoms with E-state index in [1.54, 1.807) is 0 Å². The monoisotopic (exact) mass is 330 g/mol. The van der Waals surface area contributed by atoms with Gasteiger partial charge in [0.15, 0.2) is 5.96 Å². The second-order valence-electron chi connectivity index (χ2n) is 6.56. The van der Waals surface area contributed by atoms with Gasteiger partial charge in [0.25, 0.3) is 0 Å². The Hall–Kier alpha value is -1.75. The van der Waals surface area contributed by atoms with E-state index in [0.29, 0.717) is 6.54 Å². The largest absolute Gasteiger partial charge is 0.488 e. The van der Waals surface area contributed by atoms with E-state index >= 15 is 0 Å². The van der Waals surface area contributed by atoms with Gasteiger partial charge in [-0.1, -0.05) is 25.1 Å². The molecule has 1 aromatic carbocycles. The third-order valence-electron chi connectivity index (χ3n) is 4.67. The molecule has 1 aromatic rings. The quantitative estimate of drug-likeness (QED) is 0.566. The van der Waals surface area contributed by atoms with Crippen molar-refractivity contribution in [2.45, 2.75) is 45.3 Å². The Labute approximate surface area is 145 Å². The highest BCUT2D eigenvalue weighted by Crippen LogP contribution is 2.28. The highest BCUT2D eigenvalue weighted by molar-refractivity contribution is 5.79. The maximum atomic E-state index is 5.96. The number of para-hydroxylation sites is 1.